The van der Waals surface area contributed by atoms with E-state index in [0.717, 1.165) is 0 Å². The van der Waals surface area contributed by atoms with Gasteiger partial charge in [0.15, 0.2) is 6.67 Å². The third-order valence-corrected chi connectivity index (χ3v) is 2.26. The van der Waals surface area contributed by atoms with E-state index in [1.54, 1.807) is 0 Å². The summed E-state index contributed by atoms with van der Waals surface area (Å²) in [7, 11) is 0. The number of alkyl halides is 13. The van der Waals surface area contributed by atoms with Crippen LogP contribution in [0.15, 0.2) is 0 Å². The summed E-state index contributed by atoms with van der Waals surface area (Å²) in [5.41, 5.74) is 0. The van der Waals surface area contributed by atoms with Crippen molar-refractivity contribution in [2.75, 3.05) is 6.67 Å². The number of halogens is 14. The third kappa shape index (κ3) is 6.49. The summed E-state index contributed by atoms with van der Waals surface area (Å²) in [6.07, 6.45) is -12.2. The lowest BCUT2D eigenvalue weighted by Crippen LogP contribution is -2.71. The predicted molar refractivity (Wildman–Crippen MR) is 68.1 cm³/mol. The van der Waals surface area contributed by atoms with Crippen LogP contribution >= 0.6 is 0 Å². The van der Waals surface area contributed by atoms with Gasteiger partial charge in [0.05, 0.1) is 0 Å². The van der Waals surface area contributed by atoms with E-state index in [2.05, 4.69) is 0 Å². The first-order valence-corrected chi connectivity index (χ1v) is 7.16. The van der Waals surface area contributed by atoms with Gasteiger partial charge in [-0.15, -0.1) is 4.48 Å². The zero-order chi connectivity index (χ0) is 24.0. The largest absolute Gasteiger partial charge is 0.442 e. The Kier molecular flexibility index (Phi) is 11.4. The van der Waals surface area contributed by atoms with Crippen molar-refractivity contribution in [1.29, 1.82) is 0 Å². The average Bonchev–Trinajstić information content (AvgIpc) is 2.55. The first-order chi connectivity index (χ1) is 12.2. The highest BCUT2D eigenvalue weighted by molar-refractivity contribution is 4.89. The van der Waals surface area contributed by atoms with Crippen LogP contribution in [-0.4, -0.2) is 48.0 Å². The molecular weight excluding hydrogens is 440 g/mol. The van der Waals surface area contributed by atoms with E-state index < -0.39 is 48.0 Å². The minimum atomic E-state index is -6.20. The molecule has 1 heterocycles. The molecule has 0 bridgehead atoms. The van der Waals surface area contributed by atoms with E-state index in [0.29, 0.717) is 0 Å². The van der Waals surface area contributed by atoms with E-state index in [9.17, 15) is 61.6 Å². The average molecular weight is 457 g/mol. The second-order valence-electron chi connectivity index (χ2n) is 4.23. The third-order valence-electron chi connectivity index (χ3n) is 2.26. The first-order valence-electron chi connectivity index (χ1n) is 7.16. The molecule has 0 aromatic rings. The molecular formula is C12H17F14NO. The van der Waals surface area contributed by atoms with Gasteiger partial charge >= 0.3 is 36.2 Å². The number of ether oxygens (including phenoxy) is 1. The molecule has 16 heteroatoms. The van der Waals surface area contributed by atoms with Gasteiger partial charge in [-0.1, -0.05) is 27.7 Å². The van der Waals surface area contributed by atoms with Crippen molar-refractivity contribution in [3.05, 3.63) is 0 Å². The zero-order valence-corrected chi connectivity index (χ0v) is 14.9. The highest BCUT2D eigenvalue weighted by Gasteiger charge is 2.84. The molecule has 0 amide bonds. The monoisotopic (exact) mass is 457 g/mol. The summed E-state index contributed by atoms with van der Waals surface area (Å²) in [6.45, 7) is 5.66. The van der Waals surface area contributed by atoms with E-state index in [1.807, 2.05) is 32.4 Å². The maximum Gasteiger partial charge on any atom is 0.442 e. The van der Waals surface area contributed by atoms with Gasteiger partial charge < -0.3 is 0 Å². The molecule has 2 nitrogen and oxygen atoms in total. The van der Waals surface area contributed by atoms with Crippen molar-refractivity contribution in [3.8, 4) is 0 Å². The fourth-order valence-corrected chi connectivity index (χ4v) is 0.806. The van der Waals surface area contributed by atoms with Crippen LogP contribution in [-0.2, 0) is 4.74 Å². The Balaban J connectivity index is -0.000000413. The smallest absolute Gasteiger partial charge is 0.244 e. The molecule has 0 saturated carbocycles. The van der Waals surface area contributed by atoms with Crippen molar-refractivity contribution in [1.82, 2.24) is 5.12 Å². The summed E-state index contributed by atoms with van der Waals surface area (Å²) in [5, 5.41) is -3.22. The Hall–Kier alpha value is -1.06. The number of nitrogens with zero attached hydrogens (tertiary/aromatic N) is 1. The molecule has 1 aliphatic heterocycles. The predicted octanol–water partition coefficient (Wildman–Crippen LogP) is 6.87. The summed E-state index contributed by atoms with van der Waals surface area (Å²) >= 11 is 0. The Labute approximate surface area is 150 Å². The molecule has 0 N–H and O–H groups in total. The van der Waals surface area contributed by atoms with Gasteiger partial charge in [0.2, 0.25) is 0 Å². The number of rotatable bonds is 2. The number of hydrogen-bond donors (Lipinski definition) is 0. The molecule has 0 aliphatic carbocycles. The van der Waals surface area contributed by atoms with Gasteiger partial charge in [-0.25, -0.2) is 17.9 Å². The second kappa shape index (κ2) is 10.1. The first kappa shape index (κ1) is 31.6. The number of hydrogen-bond acceptors (Lipinski definition) is 2. The maximum atomic E-state index is 12.1. The van der Waals surface area contributed by atoms with Gasteiger partial charge in [0, 0.05) is 12.0 Å². The van der Waals surface area contributed by atoms with Crippen LogP contribution in [0.5, 0.6) is 0 Å². The van der Waals surface area contributed by atoms with Crippen molar-refractivity contribution in [3.63, 3.8) is 0 Å². The molecule has 28 heavy (non-hydrogen) atoms. The fraction of sp³-hybridized carbons (Fsp3) is 1.00. The Morgan fingerprint density at radius 1 is 0.714 bits per heavy atom. The zero-order valence-electron chi connectivity index (χ0n) is 14.9. The molecule has 1 rings (SSSR count). The lowest BCUT2D eigenvalue weighted by molar-refractivity contribution is -0.588. The van der Waals surface area contributed by atoms with Crippen LogP contribution in [0.25, 0.3) is 0 Å². The molecule has 0 aromatic carbocycles. The molecule has 0 unspecified atom stereocenters. The molecule has 0 spiro atoms. The molecule has 0 atom stereocenters. The van der Waals surface area contributed by atoms with E-state index in [1.165, 1.54) is 0 Å². The van der Waals surface area contributed by atoms with Crippen LogP contribution < -0.4 is 0 Å². The fourth-order valence-electron chi connectivity index (χ4n) is 0.806. The molecule has 1 fully saturated rings. The highest BCUT2D eigenvalue weighted by Crippen LogP contribution is 2.55. The van der Waals surface area contributed by atoms with Gasteiger partial charge in [0.1, 0.15) is 0 Å². The second-order valence-corrected chi connectivity index (χ2v) is 4.23. The molecule has 0 aromatic heterocycles. The van der Waals surface area contributed by atoms with Crippen LogP contribution in [0.1, 0.15) is 34.6 Å². The van der Waals surface area contributed by atoms with Crippen molar-refractivity contribution in [2.45, 2.75) is 70.8 Å². The Morgan fingerprint density at radius 2 is 0.964 bits per heavy atom. The lowest BCUT2D eigenvalue weighted by Gasteiger charge is -2.42. The summed E-state index contributed by atoms with van der Waals surface area (Å²) < 4.78 is 167. The lowest BCUT2D eigenvalue weighted by atomic mass is 10.2. The molecule has 1 aliphatic rings. The summed E-state index contributed by atoms with van der Waals surface area (Å²) in [4.78, 5) is 0. The van der Waals surface area contributed by atoms with Gasteiger partial charge in [-0.05, 0) is 0 Å². The van der Waals surface area contributed by atoms with Gasteiger partial charge in [0.25, 0.3) is 0 Å². The normalized spacial score (nSPS) is 22.4. The van der Waals surface area contributed by atoms with Crippen LogP contribution in [0, 0.1) is 0 Å². The molecule has 1 saturated heterocycles. The Bertz CT molecular complexity index is 422. The van der Waals surface area contributed by atoms with Crippen molar-refractivity contribution >= 4 is 0 Å². The van der Waals surface area contributed by atoms with Crippen LogP contribution in [0.4, 0.5) is 61.6 Å². The van der Waals surface area contributed by atoms with E-state index in [4.69, 9.17) is 0 Å². The van der Waals surface area contributed by atoms with Crippen molar-refractivity contribution in [2.24, 2.45) is 0 Å². The minimum Gasteiger partial charge on any atom is -0.244 e. The summed E-state index contributed by atoms with van der Waals surface area (Å²) in [6, 6.07) is -12.4. The van der Waals surface area contributed by atoms with E-state index in [-0.39, 0.29) is 6.92 Å². The summed E-state index contributed by atoms with van der Waals surface area (Å²) in [5.74, 6) is -8.78. The topological polar surface area (TPSA) is 12.5 Å². The van der Waals surface area contributed by atoms with E-state index >= 15 is 0 Å². The highest BCUT2D eigenvalue weighted by atomic mass is 19.4. The van der Waals surface area contributed by atoms with Crippen LogP contribution in [0.3, 0.4) is 0 Å². The Morgan fingerprint density at radius 3 is 1.11 bits per heavy atom. The maximum absolute atomic E-state index is 12.1. The quantitative estimate of drug-likeness (QED) is 0.255. The van der Waals surface area contributed by atoms with Crippen molar-refractivity contribution < 1.29 is 66.3 Å². The standard InChI is InChI=1S/C4F9NO.C4H5F5.2C2H6/c5-1(6)3(9,10)15-4(11,12)2(7,8)14(1)13;1-3(6,7)4(8,9)2-5;2*1-2/h;2H2,1H3;2*1-2H3. The van der Waals surface area contributed by atoms with Gasteiger partial charge in [-0.3, -0.25) is 0 Å². The van der Waals surface area contributed by atoms with Crippen LogP contribution in [0.2, 0.25) is 0 Å². The number of morpholine rings is 1. The molecule has 0 radical (unpaired) electrons. The molecule has 174 valence electrons. The SMILES string of the molecule is CC.CC.CC(F)(F)C(F)(F)CF.FN1C(F)(F)C(F)(F)OC(F)(F)C1(F)F. The minimum absolute atomic E-state index is 0.0213. The van der Waals surface area contributed by atoms with Gasteiger partial charge in [-0.2, -0.15) is 43.9 Å².